The van der Waals surface area contributed by atoms with Crippen LogP contribution in [0.2, 0.25) is 0 Å². The highest BCUT2D eigenvalue weighted by molar-refractivity contribution is 7.14. The third kappa shape index (κ3) is 4.01. The van der Waals surface area contributed by atoms with Crippen LogP contribution in [0.3, 0.4) is 0 Å². The summed E-state index contributed by atoms with van der Waals surface area (Å²) in [5.41, 5.74) is 2.76. The van der Waals surface area contributed by atoms with Crippen molar-refractivity contribution in [3.8, 4) is 17.0 Å². The maximum atomic E-state index is 12.9. The molecule has 0 N–H and O–H groups in total. The van der Waals surface area contributed by atoms with Gasteiger partial charge >= 0.3 is 0 Å². The number of nitro groups is 1. The minimum atomic E-state index is -0.496. The van der Waals surface area contributed by atoms with E-state index in [9.17, 15) is 14.9 Å². The molecule has 1 aliphatic rings. The summed E-state index contributed by atoms with van der Waals surface area (Å²) in [6, 6.07) is 13.5. The number of methoxy groups -OCH3 is 1. The first kappa shape index (κ1) is 21.7. The number of non-ortho nitro benzene ring substituents is 1. The number of aromatic nitrogens is 3. The molecule has 0 saturated carbocycles. The van der Waals surface area contributed by atoms with Gasteiger partial charge in [-0.1, -0.05) is 6.07 Å². The van der Waals surface area contributed by atoms with Crippen molar-refractivity contribution in [1.82, 2.24) is 19.2 Å². The minimum absolute atomic E-state index is 0.0919. The van der Waals surface area contributed by atoms with Crippen molar-refractivity contribution in [2.24, 2.45) is 0 Å². The molecular formula is C23H20N6O4S. The maximum Gasteiger partial charge on any atom is 0.270 e. The van der Waals surface area contributed by atoms with E-state index in [-0.39, 0.29) is 11.6 Å². The van der Waals surface area contributed by atoms with Crippen molar-refractivity contribution in [2.75, 3.05) is 38.2 Å². The topological polar surface area (TPSA) is 115 Å². The Kier molecular flexibility index (Phi) is 5.76. The molecule has 0 radical (unpaired) electrons. The largest absolute Gasteiger partial charge is 0.497 e. The van der Waals surface area contributed by atoms with Gasteiger partial charge in [0, 0.05) is 49.4 Å². The smallest absolute Gasteiger partial charge is 0.270 e. The number of ether oxygens (including phenoxy) is 1. The van der Waals surface area contributed by atoms with Crippen LogP contribution < -0.4 is 9.64 Å². The number of hydrogen-bond donors (Lipinski definition) is 0. The van der Waals surface area contributed by atoms with Gasteiger partial charge in [0.25, 0.3) is 11.6 Å². The van der Waals surface area contributed by atoms with Gasteiger partial charge in [-0.2, -0.15) is 4.37 Å². The van der Waals surface area contributed by atoms with Crippen LogP contribution in [-0.2, 0) is 0 Å². The van der Waals surface area contributed by atoms with Gasteiger partial charge in [-0.05, 0) is 41.9 Å². The Labute approximate surface area is 198 Å². The molecule has 0 bridgehead atoms. The molecule has 11 heteroatoms. The van der Waals surface area contributed by atoms with Crippen LogP contribution in [-0.4, -0.2) is 63.4 Å². The molecule has 1 aliphatic heterocycles. The Morgan fingerprint density at radius 1 is 1.09 bits per heavy atom. The van der Waals surface area contributed by atoms with Crippen LogP contribution in [0.15, 0.2) is 54.9 Å². The van der Waals surface area contributed by atoms with Crippen LogP contribution in [0.4, 0.5) is 11.5 Å². The molecule has 34 heavy (non-hydrogen) atoms. The first-order chi connectivity index (χ1) is 16.5. The monoisotopic (exact) mass is 476 g/mol. The van der Waals surface area contributed by atoms with Gasteiger partial charge in [0.15, 0.2) is 5.82 Å². The van der Waals surface area contributed by atoms with Gasteiger partial charge < -0.3 is 14.5 Å². The highest BCUT2D eigenvalue weighted by atomic mass is 32.1. The lowest BCUT2D eigenvalue weighted by Gasteiger charge is -2.35. The summed E-state index contributed by atoms with van der Waals surface area (Å²) in [5.74, 6) is 1.36. The Balaban J connectivity index is 1.34. The van der Waals surface area contributed by atoms with Crippen molar-refractivity contribution in [1.29, 1.82) is 0 Å². The van der Waals surface area contributed by atoms with Crippen molar-refractivity contribution in [3.05, 3.63) is 70.5 Å². The molecule has 5 rings (SSSR count). The maximum absolute atomic E-state index is 12.9. The second-order valence-electron chi connectivity index (χ2n) is 7.72. The molecule has 2 aromatic carbocycles. The van der Waals surface area contributed by atoms with Crippen LogP contribution in [0, 0.1) is 10.1 Å². The Bertz CT molecular complexity index is 1370. The second-order valence-corrected chi connectivity index (χ2v) is 8.49. The molecule has 0 spiro atoms. The van der Waals surface area contributed by atoms with Crippen LogP contribution >= 0.6 is 11.5 Å². The van der Waals surface area contributed by atoms with E-state index in [1.165, 1.54) is 29.7 Å². The lowest BCUT2D eigenvalue weighted by molar-refractivity contribution is -0.384. The zero-order valence-corrected chi connectivity index (χ0v) is 19.1. The number of nitrogens with zero attached hydrogens (tertiary/aromatic N) is 6. The molecule has 2 aromatic heterocycles. The first-order valence-corrected chi connectivity index (χ1v) is 11.4. The summed E-state index contributed by atoms with van der Waals surface area (Å²) in [6.07, 6.45) is 1.54. The van der Waals surface area contributed by atoms with Gasteiger partial charge in [-0.25, -0.2) is 9.97 Å². The molecule has 172 valence electrons. The molecule has 0 unspecified atom stereocenters. The average molecular weight is 477 g/mol. The van der Waals surface area contributed by atoms with Crippen molar-refractivity contribution >= 4 is 39.2 Å². The highest BCUT2D eigenvalue weighted by Gasteiger charge is 2.26. The Morgan fingerprint density at radius 2 is 1.85 bits per heavy atom. The van der Waals surface area contributed by atoms with Crippen molar-refractivity contribution in [3.63, 3.8) is 0 Å². The number of carbonyl (C=O) groups excluding carboxylic acids is 1. The van der Waals surface area contributed by atoms with Gasteiger partial charge in [-0.3, -0.25) is 14.9 Å². The van der Waals surface area contributed by atoms with Crippen LogP contribution in [0.5, 0.6) is 5.75 Å². The SMILES string of the molecule is COc1ccc(-c2nsc3c(N4CCN(C(=O)c5cccc([N+](=O)[O-])c5)CC4)ncnc23)cc1. The Hall–Kier alpha value is -4.12. The van der Waals surface area contributed by atoms with Gasteiger partial charge in [0.2, 0.25) is 0 Å². The van der Waals surface area contributed by atoms with E-state index in [1.54, 1.807) is 24.4 Å². The lowest BCUT2D eigenvalue weighted by Crippen LogP contribution is -2.49. The van der Waals surface area contributed by atoms with Crippen LogP contribution in [0.1, 0.15) is 10.4 Å². The number of carbonyl (C=O) groups is 1. The van der Waals surface area contributed by atoms with E-state index in [4.69, 9.17) is 4.74 Å². The molecule has 1 saturated heterocycles. The third-order valence-electron chi connectivity index (χ3n) is 5.77. The van der Waals surface area contributed by atoms with Gasteiger partial charge in [0.05, 0.1) is 12.0 Å². The van der Waals surface area contributed by atoms with E-state index >= 15 is 0 Å². The molecule has 4 aromatic rings. The van der Waals surface area contributed by atoms with Crippen molar-refractivity contribution in [2.45, 2.75) is 0 Å². The zero-order valence-electron chi connectivity index (χ0n) is 18.2. The highest BCUT2D eigenvalue weighted by Crippen LogP contribution is 2.35. The molecule has 0 atom stereocenters. The fourth-order valence-corrected chi connectivity index (χ4v) is 4.85. The summed E-state index contributed by atoms with van der Waals surface area (Å²) in [5, 5.41) is 11.0. The number of rotatable bonds is 5. The second kappa shape index (κ2) is 9.02. The number of piperazine rings is 1. The molecule has 3 heterocycles. The predicted molar refractivity (Wildman–Crippen MR) is 128 cm³/mol. The summed E-state index contributed by atoms with van der Waals surface area (Å²) in [4.78, 5) is 36.2. The van der Waals surface area contributed by atoms with Gasteiger partial charge in [0.1, 0.15) is 28.0 Å². The number of benzene rings is 2. The number of amides is 1. The zero-order chi connectivity index (χ0) is 23.7. The fourth-order valence-electron chi connectivity index (χ4n) is 3.97. The van der Waals surface area contributed by atoms with E-state index in [2.05, 4.69) is 19.2 Å². The molecular weight excluding hydrogens is 456 g/mol. The molecule has 10 nitrogen and oxygen atoms in total. The predicted octanol–water partition coefficient (Wildman–Crippen LogP) is 3.63. The number of hydrogen-bond acceptors (Lipinski definition) is 9. The van der Waals surface area contributed by atoms with E-state index in [0.29, 0.717) is 31.7 Å². The summed E-state index contributed by atoms with van der Waals surface area (Å²) < 4.78 is 10.8. The number of fused-ring (bicyclic) bond motifs is 1. The average Bonchev–Trinajstić information content (AvgIpc) is 3.33. The standard InChI is InChI=1S/C23H20N6O4S/c1-33-18-7-5-15(6-8-18)19-20-21(34-26-19)22(25-14-24-20)27-9-11-28(12-10-27)23(30)16-3-2-4-17(13-16)29(31)32/h2-8,13-14H,9-12H2,1H3. The van der Waals surface area contributed by atoms with E-state index < -0.39 is 4.92 Å². The molecule has 1 fully saturated rings. The Morgan fingerprint density at radius 3 is 2.56 bits per heavy atom. The molecule has 0 aliphatic carbocycles. The summed E-state index contributed by atoms with van der Waals surface area (Å²) >= 11 is 1.35. The van der Waals surface area contributed by atoms with Crippen molar-refractivity contribution < 1.29 is 14.5 Å². The number of nitro benzene ring substituents is 1. The normalized spacial score (nSPS) is 13.8. The van der Waals surface area contributed by atoms with E-state index in [1.807, 2.05) is 24.3 Å². The first-order valence-electron chi connectivity index (χ1n) is 10.6. The van der Waals surface area contributed by atoms with Gasteiger partial charge in [-0.15, -0.1) is 0 Å². The summed E-state index contributed by atoms with van der Waals surface area (Å²) in [7, 11) is 1.63. The van der Waals surface area contributed by atoms with E-state index in [0.717, 1.165) is 33.0 Å². The number of anilines is 1. The fraction of sp³-hybridized carbons (Fsp3) is 0.217. The molecule has 1 amide bonds. The minimum Gasteiger partial charge on any atom is -0.497 e. The van der Waals surface area contributed by atoms with Crippen LogP contribution in [0.25, 0.3) is 21.5 Å². The third-order valence-corrected chi connectivity index (χ3v) is 6.60. The quantitative estimate of drug-likeness (QED) is 0.317. The lowest BCUT2D eigenvalue weighted by atomic mass is 10.1. The summed E-state index contributed by atoms with van der Waals surface area (Å²) in [6.45, 7) is 2.14.